The summed E-state index contributed by atoms with van der Waals surface area (Å²) >= 11 is 0. The van der Waals surface area contributed by atoms with Gasteiger partial charge in [-0.2, -0.15) is 0 Å². The van der Waals surface area contributed by atoms with Gasteiger partial charge in [0.1, 0.15) is 0 Å². The van der Waals surface area contributed by atoms with Crippen LogP contribution in [0.4, 0.5) is 17.1 Å². The van der Waals surface area contributed by atoms with Gasteiger partial charge in [-0.15, -0.1) is 0 Å². The number of nitrogens with zero attached hydrogens (tertiary/aromatic N) is 1. The number of carbonyl (C=O) groups excluding carboxylic acids is 1. The summed E-state index contributed by atoms with van der Waals surface area (Å²) < 4.78 is 0. The van der Waals surface area contributed by atoms with Crippen LogP contribution in [0.5, 0.6) is 0 Å². The highest BCUT2D eigenvalue weighted by Gasteiger charge is 2.51. The van der Waals surface area contributed by atoms with Crippen molar-refractivity contribution in [2.45, 2.75) is 43.9 Å². The highest BCUT2D eigenvalue weighted by Crippen LogP contribution is 2.60. The molecule has 4 aliphatic carbocycles. The molecule has 0 heterocycles. The van der Waals surface area contributed by atoms with E-state index in [-0.39, 0.29) is 11.5 Å². The molecule has 0 aromatic heterocycles. The topological polar surface area (TPSA) is 69.6 Å². The van der Waals surface area contributed by atoms with Crippen LogP contribution >= 0.6 is 0 Å². The van der Waals surface area contributed by atoms with Gasteiger partial charge in [0, 0.05) is 24.0 Å². The van der Waals surface area contributed by atoms with Crippen LogP contribution in [0, 0.1) is 17.8 Å². The van der Waals surface area contributed by atoms with E-state index in [1.165, 1.54) is 55.1 Å². The van der Waals surface area contributed by atoms with Crippen LogP contribution in [0.3, 0.4) is 0 Å². The van der Waals surface area contributed by atoms with Crippen LogP contribution in [0.25, 0.3) is 0 Å². The molecule has 4 bridgehead atoms. The van der Waals surface area contributed by atoms with E-state index in [1.54, 1.807) is 37.4 Å². The minimum Gasteiger partial charge on any atom is -0.478 e. The van der Waals surface area contributed by atoms with Gasteiger partial charge in [0.15, 0.2) is 0 Å². The van der Waals surface area contributed by atoms with Crippen molar-refractivity contribution in [2.24, 2.45) is 17.8 Å². The van der Waals surface area contributed by atoms with E-state index in [0.717, 1.165) is 29.1 Å². The summed E-state index contributed by atoms with van der Waals surface area (Å²) in [6, 6.07) is 22.9. The number of rotatable bonds is 6. The van der Waals surface area contributed by atoms with Gasteiger partial charge in [0.25, 0.3) is 5.91 Å². The van der Waals surface area contributed by atoms with Crippen molar-refractivity contribution in [3.63, 3.8) is 0 Å². The Bertz CT molecular complexity index is 1260. The van der Waals surface area contributed by atoms with Gasteiger partial charge < -0.3 is 15.3 Å². The Balaban J connectivity index is 1.14. The van der Waals surface area contributed by atoms with Crippen LogP contribution in [0.1, 0.15) is 64.8 Å². The molecule has 2 N–H and O–H groups in total. The molecular weight excluding hydrogens is 448 g/mol. The summed E-state index contributed by atoms with van der Waals surface area (Å²) in [5.74, 6) is 1.50. The molecule has 4 aliphatic rings. The van der Waals surface area contributed by atoms with Crippen LogP contribution in [0.2, 0.25) is 0 Å². The monoisotopic (exact) mass is 480 g/mol. The minimum atomic E-state index is -1.06. The predicted octanol–water partition coefficient (Wildman–Crippen LogP) is 6.87. The van der Waals surface area contributed by atoms with E-state index in [1.807, 2.05) is 12.1 Å². The highest BCUT2D eigenvalue weighted by atomic mass is 16.4. The van der Waals surface area contributed by atoms with Gasteiger partial charge >= 0.3 is 5.97 Å². The van der Waals surface area contributed by atoms with Crippen molar-refractivity contribution in [1.29, 1.82) is 0 Å². The molecule has 4 fully saturated rings. The van der Waals surface area contributed by atoms with Gasteiger partial charge in [0.05, 0.1) is 11.3 Å². The maximum atomic E-state index is 13.0. The van der Waals surface area contributed by atoms with E-state index in [2.05, 4.69) is 29.6 Å². The fraction of sp³-hybridized carbons (Fsp3) is 0.355. The largest absolute Gasteiger partial charge is 0.478 e. The lowest BCUT2D eigenvalue weighted by Crippen LogP contribution is -2.48. The molecule has 0 radical (unpaired) electrons. The Morgan fingerprint density at radius 3 is 1.89 bits per heavy atom. The molecule has 0 aliphatic heterocycles. The standard InChI is InChI=1S/C31H32N2O3/c1-33(28-5-3-2-4-27(28)30(35)36)29(34)23-6-10-25(11-7-23)32-26-12-8-24(9-13-26)31-17-20-14-21(18-31)16-22(15-20)19-31/h2-13,20-22,32H,14-19H2,1H3,(H,35,36). The molecule has 184 valence electrons. The Kier molecular flexibility index (Phi) is 5.59. The Hall–Kier alpha value is -3.60. The number of benzene rings is 3. The number of aromatic carboxylic acids is 1. The normalized spacial score (nSPS) is 26.0. The quantitative estimate of drug-likeness (QED) is 0.404. The van der Waals surface area contributed by atoms with Gasteiger partial charge in [-0.05, 0) is 116 Å². The predicted molar refractivity (Wildman–Crippen MR) is 142 cm³/mol. The molecule has 5 nitrogen and oxygen atoms in total. The van der Waals surface area contributed by atoms with Crippen molar-refractivity contribution in [3.8, 4) is 0 Å². The maximum absolute atomic E-state index is 13.0. The first kappa shape index (κ1) is 22.8. The van der Waals surface area contributed by atoms with E-state index in [9.17, 15) is 14.7 Å². The summed E-state index contributed by atoms with van der Waals surface area (Å²) in [7, 11) is 1.60. The zero-order valence-corrected chi connectivity index (χ0v) is 20.6. The third-order valence-electron chi connectivity index (χ3n) is 8.76. The second-order valence-electron chi connectivity index (χ2n) is 11.2. The molecule has 3 aromatic rings. The van der Waals surface area contributed by atoms with E-state index in [0.29, 0.717) is 16.7 Å². The summed E-state index contributed by atoms with van der Waals surface area (Å²) in [6.45, 7) is 0. The van der Waals surface area contributed by atoms with Crippen molar-refractivity contribution in [2.75, 3.05) is 17.3 Å². The van der Waals surface area contributed by atoms with Gasteiger partial charge in [-0.25, -0.2) is 4.79 Å². The third-order valence-corrected chi connectivity index (χ3v) is 8.76. The molecule has 0 saturated heterocycles. The number of hydrogen-bond acceptors (Lipinski definition) is 3. The van der Waals surface area contributed by atoms with Crippen LogP contribution < -0.4 is 10.2 Å². The third kappa shape index (κ3) is 4.06. The summed E-state index contributed by atoms with van der Waals surface area (Å²) in [6.07, 6.45) is 8.48. The zero-order chi connectivity index (χ0) is 24.9. The highest BCUT2D eigenvalue weighted by molar-refractivity contribution is 6.09. The van der Waals surface area contributed by atoms with Gasteiger partial charge in [0.2, 0.25) is 0 Å². The molecule has 7 rings (SSSR count). The molecule has 4 saturated carbocycles. The molecule has 0 unspecified atom stereocenters. The van der Waals surface area contributed by atoms with Crippen LogP contribution in [-0.4, -0.2) is 24.0 Å². The van der Waals surface area contributed by atoms with Gasteiger partial charge in [-0.1, -0.05) is 24.3 Å². The smallest absolute Gasteiger partial charge is 0.337 e. The number of hydrogen-bond donors (Lipinski definition) is 2. The molecular formula is C31H32N2O3. The van der Waals surface area contributed by atoms with Crippen molar-refractivity contribution < 1.29 is 14.7 Å². The molecule has 3 aromatic carbocycles. The number of carbonyl (C=O) groups is 2. The lowest BCUT2D eigenvalue weighted by atomic mass is 9.48. The Morgan fingerprint density at radius 1 is 0.806 bits per heavy atom. The molecule has 1 amide bonds. The number of carboxylic acid groups (broad SMARTS) is 1. The number of para-hydroxylation sites is 1. The van der Waals surface area contributed by atoms with Crippen molar-refractivity contribution in [1.82, 2.24) is 0 Å². The SMILES string of the molecule is CN(C(=O)c1ccc(Nc2ccc(C34CC5CC(CC(C5)C3)C4)cc2)cc1)c1ccccc1C(=O)O. The summed E-state index contributed by atoms with van der Waals surface area (Å²) in [5, 5.41) is 12.9. The van der Waals surface area contributed by atoms with Crippen molar-refractivity contribution >= 4 is 28.9 Å². The second kappa shape index (κ2) is 8.81. The minimum absolute atomic E-state index is 0.101. The molecule has 0 spiro atoms. The Labute approximate surface area is 212 Å². The molecule has 0 atom stereocenters. The van der Waals surface area contributed by atoms with Crippen LogP contribution in [0.15, 0.2) is 72.8 Å². The number of amides is 1. The molecule has 5 heteroatoms. The van der Waals surface area contributed by atoms with Gasteiger partial charge in [-0.3, -0.25) is 4.79 Å². The zero-order valence-electron chi connectivity index (χ0n) is 20.6. The van der Waals surface area contributed by atoms with E-state index in [4.69, 9.17) is 0 Å². The number of carboxylic acids is 1. The van der Waals surface area contributed by atoms with Crippen LogP contribution in [-0.2, 0) is 5.41 Å². The fourth-order valence-corrected chi connectivity index (χ4v) is 7.48. The summed E-state index contributed by atoms with van der Waals surface area (Å²) in [4.78, 5) is 25.9. The second-order valence-corrected chi connectivity index (χ2v) is 11.2. The average Bonchev–Trinajstić information content (AvgIpc) is 2.88. The summed E-state index contributed by atoms with van der Waals surface area (Å²) in [5.41, 5.74) is 4.83. The number of nitrogens with one attached hydrogen (secondary N) is 1. The maximum Gasteiger partial charge on any atom is 0.337 e. The lowest BCUT2D eigenvalue weighted by Gasteiger charge is -2.57. The first-order valence-corrected chi connectivity index (χ1v) is 13.0. The average molecular weight is 481 g/mol. The van der Waals surface area contributed by atoms with E-state index >= 15 is 0 Å². The fourth-order valence-electron chi connectivity index (χ4n) is 7.48. The van der Waals surface area contributed by atoms with E-state index < -0.39 is 5.97 Å². The lowest BCUT2D eigenvalue weighted by molar-refractivity contribution is -0.00518. The molecule has 36 heavy (non-hydrogen) atoms. The number of anilines is 3. The Morgan fingerprint density at radius 2 is 1.33 bits per heavy atom. The first-order chi connectivity index (χ1) is 17.4. The first-order valence-electron chi connectivity index (χ1n) is 13.0. The van der Waals surface area contributed by atoms with Crippen molar-refractivity contribution in [3.05, 3.63) is 89.5 Å².